The predicted octanol–water partition coefficient (Wildman–Crippen LogP) is 1.01. The molecule has 0 N–H and O–H groups in total. The van der Waals surface area contributed by atoms with Crippen LogP contribution in [0.1, 0.15) is 35.1 Å². The van der Waals surface area contributed by atoms with E-state index in [4.69, 9.17) is 0 Å². The molecule has 31 heavy (non-hydrogen) atoms. The molecule has 0 spiro atoms. The van der Waals surface area contributed by atoms with Gasteiger partial charge in [0.1, 0.15) is 0 Å². The SMILES string of the molecule is C[Si](C)=[Zr+2]([C@@H]1C=C(Cc2ccccc2)c2ccccc21)[C@H]1C=Cc2ccccc21.[Cl-].[Cl-]. The molecule has 0 aromatic heterocycles. The van der Waals surface area contributed by atoms with E-state index in [9.17, 15) is 0 Å². The number of fused-ring (bicyclic) bond motifs is 2. The fourth-order valence-electron chi connectivity index (χ4n) is 5.00. The Morgan fingerprint density at radius 2 is 1.39 bits per heavy atom. The predicted molar refractivity (Wildman–Crippen MR) is 123 cm³/mol. The van der Waals surface area contributed by atoms with E-state index >= 15 is 0 Å². The summed E-state index contributed by atoms with van der Waals surface area (Å²) >= 11 is -1.82. The maximum Gasteiger partial charge on any atom is -1.00 e. The van der Waals surface area contributed by atoms with Gasteiger partial charge in [0, 0.05) is 0 Å². The molecule has 0 unspecified atom stereocenters. The number of halogens is 2. The molecule has 0 saturated carbocycles. The largest absolute Gasteiger partial charge is 1.00 e. The molecule has 0 amide bonds. The van der Waals surface area contributed by atoms with E-state index in [-0.39, 0.29) is 30.2 Å². The zero-order valence-electron chi connectivity index (χ0n) is 17.9. The Bertz CT molecular complexity index is 1160. The average Bonchev–Trinajstić information content (AvgIpc) is 3.32. The van der Waals surface area contributed by atoms with Crippen LogP contribution in [-0.4, -0.2) is 5.43 Å². The first-order valence-corrected chi connectivity index (χ1v) is 19.5. The Labute approximate surface area is 206 Å². The molecule has 0 radical (unpaired) electrons. The van der Waals surface area contributed by atoms with Crippen LogP contribution in [0.3, 0.4) is 0 Å². The summed E-state index contributed by atoms with van der Waals surface area (Å²) in [5, 5.41) is 0. The van der Waals surface area contributed by atoms with Crippen LogP contribution in [0.4, 0.5) is 0 Å². The number of allylic oxidation sites excluding steroid dienone is 3. The van der Waals surface area contributed by atoms with Gasteiger partial charge in [0.05, 0.1) is 0 Å². The van der Waals surface area contributed by atoms with Gasteiger partial charge in [-0.3, -0.25) is 0 Å². The van der Waals surface area contributed by atoms with Crippen LogP contribution in [-0.2, 0) is 26.8 Å². The first kappa shape index (κ1) is 24.5. The van der Waals surface area contributed by atoms with E-state index in [1.807, 2.05) is 0 Å². The summed E-state index contributed by atoms with van der Waals surface area (Å²) in [6, 6.07) is 29.3. The molecule has 4 heteroatoms. The van der Waals surface area contributed by atoms with Crippen molar-refractivity contribution in [3.8, 4) is 0 Å². The van der Waals surface area contributed by atoms with E-state index in [1.54, 1.807) is 16.7 Å². The summed E-state index contributed by atoms with van der Waals surface area (Å²) in [5.74, 6) is 0. The van der Waals surface area contributed by atoms with Gasteiger partial charge >= 0.3 is 183 Å². The van der Waals surface area contributed by atoms with E-state index in [0.717, 1.165) is 10.0 Å². The molecule has 3 aromatic rings. The molecular formula is C27H26Cl2SiZr. The van der Waals surface area contributed by atoms with Gasteiger partial charge in [-0.05, 0) is 0 Å². The molecule has 2 aliphatic carbocycles. The van der Waals surface area contributed by atoms with Crippen LogP contribution >= 0.6 is 0 Å². The minimum Gasteiger partial charge on any atom is -1.00 e. The van der Waals surface area contributed by atoms with E-state index in [1.165, 1.54) is 16.7 Å². The van der Waals surface area contributed by atoms with Crippen LogP contribution in [0.25, 0.3) is 11.6 Å². The van der Waals surface area contributed by atoms with Crippen molar-refractivity contribution in [2.45, 2.75) is 26.8 Å². The van der Waals surface area contributed by atoms with Gasteiger partial charge in [-0.15, -0.1) is 0 Å². The topological polar surface area (TPSA) is 0 Å². The van der Waals surface area contributed by atoms with Crippen molar-refractivity contribution in [3.63, 3.8) is 0 Å². The standard InChI is InChI=1S/C16H13.C9H7.C2H6Si.2ClH.Zr/c1-2-6-13(7-3-1)12-15-11-10-14-8-4-5-9-16(14)15;1-2-5-9-7-3-6-8(9)4-1;1-3-2;;;/h1-11H,12H2;1-7H;1-2H3;2*1H;/q;;;;;+2/p-2. The Kier molecular flexibility index (Phi) is 8.38. The first-order valence-electron chi connectivity index (χ1n) is 10.5. The van der Waals surface area contributed by atoms with Crippen molar-refractivity contribution in [2.24, 2.45) is 0 Å². The fraction of sp³-hybridized carbons (Fsp3) is 0.185. The first-order chi connectivity index (χ1) is 14.2. The van der Waals surface area contributed by atoms with Crippen molar-refractivity contribution >= 4 is 17.1 Å². The third-order valence-corrected chi connectivity index (χ3v) is 25.3. The van der Waals surface area contributed by atoms with Crippen molar-refractivity contribution in [1.29, 1.82) is 0 Å². The normalized spacial score (nSPS) is 17.4. The molecular weight excluding hydrogens is 515 g/mol. The maximum atomic E-state index is 2.69. The zero-order valence-corrected chi connectivity index (χ0v) is 22.8. The summed E-state index contributed by atoms with van der Waals surface area (Å²) < 4.78 is 1.43. The number of hydrogen-bond donors (Lipinski definition) is 0. The van der Waals surface area contributed by atoms with Gasteiger partial charge in [0.15, 0.2) is 0 Å². The summed E-state index contributed by atoms with van der Waals surface area (Å²) in [6.07, 6.45) is 8.69. The average molecular weight is 541 g/mol. The van der Waals surface area contributed by atoms with Crippen molar-refractivity contribution in [1.82, 2.24) is 0 Å². The molecule has 0 nitrogen and oxygen atoms in total. The minimum absolute atomic E-state index is 0. The summed E-state index contributed by atoms with van der Waals surface area (Å²) in [6.45, 7) is 5.17. The quantitative estimate of drug-likeness (QED) is 0.434. The molecule has 0 bridgehead atoms. The van der Waals surface area contributed by atoms with Crippen molar-refractivity contribution in [2.75, 3.05) is 0 Å². The Hall–Kier alpha value is -1.18. The summed E-state index contributed by atoms with van der Waals surface area (Å²) in [4.78, 5) is 0. The van der Waals surface area contributed by atoms with E-state index in [0.29, 0.717) is 3.63 Å². The van der Waals surface area contributed by atoms with Crippen LogP contribution in [0, 0.1) is 0 Å². The second-order valence-electron chi connectivity index (χ2n) is 8.34. The minimum atomic E-state index is -1.82. The number of hydrogen-bond acceptors (Lipinski definition) is 0. The molecule has 156 valence electrons. The van der Waals surface area contributed by atoms with E-state index < -0.39 is 20.4 Å². The third kappa shape index (κ3) is 4.79. The van der Waals surface area contributed by atoms with Gasteiger partial charge in [0.25, 0.3) is 0 Å². The second kappa shape index (κ2) is 10.6. The molecule has 2 aliphatic rings. The molecule has 0 fully saturated rings. The second-order valence-corrected chi connectivity index (χ2v) is 26.4. The number of rotatable bonds is 4. The van der Waals surface area contributed by atoms with Crippen LogP contribution < -0.4 is 24.8 Å². The monoisotopic (exact) mass is 538 g/mol. The summed E-state index contributed by atoms with van der Waals surface area (Å²) in [7, 11) is 0. The summed E-state index contributed by atoms with van der Waals surface area (Å²) in [5.41, 5.74) is 8.85. The smallest absolute Gasteiger partial charge is 1.00 e. The van der Waals surface area contributed by atoms with Gasteiger partial charge in [-0.1, -0.05) is 0 Å². The number of benzene rings is 3. The fourth-order valence-corrected chi connectivity index (χ4v) is 23.9. The van der Waals surface area contributed by atoms with Gasteiger partial charge < -0.3 is 24.8 Å². The maximum absolute atomic E-state index is 2.69. The molecule has 2 atom stereocenters. The molecule has 3 aromatic carbocycles. The van der Waals surface area contributed by atoms with Gasteiger partial charge in [0.2, 0.25) is 0 Å². The van der Waals surface area contributed by atoms with Gasteiger partial charge in [-0.2, -0.15) is 0 Å². The molecule has 5 rings (SSSR count). The van der Waals surface area contributed by atoms with E-state index in [2.05, 4.69) is 110 Å². The molecule has 0 saturated heterocycles. The molecule has 0 heterocycles. The van der Waals surface area contributed by atoms with Crippen LogP contribution in [0.5, 0.6) is 0 Å². The Morgan fingerprint density at radius 3 is 2.13 bits per heavy atom. The van der Waals surface area contributed by atoms with Crippen molar-refractivity contribution < 1.29 is 45.2 Å². The van der Waals surface area contributed by atoms with Crippen molar-refractivity contribution in [3.05, 3.63) is 119 Å². The Morgan fingerprint density at radius 1 is 0.742 bits per heavy atom. The Balaban J connectivity index is 0.00000136. The molecule has 0 aliphatic heterocycles. The van der Waals surface area contributed by atoms with Crippen LogP contribution in [0.2, 0.25) is 13.1 Å². The van der Waals surface area contributed by atoms with Crippen LogP contribution in [0.15, 0.2) is 91.0 Å². The zero-order chi connectivity index (χ0) is 19.8. The van der Waals surface area contributed by atoms with Gasteiger partial charge in [-0.25, -0.2) is 0 Å². The third-order valence-electron chi connectivity index (χ3n) is 6.29.